The molecule has 0 atom stereocenters. The van der Waals surface area contributed by atoms with E-state index in [2.05, 4.69) is 0 Å². The third-order valence-electron chi connectivity index (χ3n) is 4.29. The van der Waals surface area contributed by atoms with Crippen molar-refractivity contribution < 1.29 is 19.9 Å². The number of aliphatic hydroxyl groups is 1. The van der Waals surface area contributed by atoms with E-state index in [0.717, 1.165) is 5.01 Å². The molecule has 12 nitrogen and oxygen atoms in total. The Bertz CT molecular complexity index is 1050. The maximum absolute atomic E-state index is 11.7. The summed E-state index contributed by atoms with van der Waals surface area (Å²) in [4.78, 5) is 31.7. The molecule has 0 amide bonds. The maximum atomic E-state index is 11.7. The Morgan fingerprint density at radius 3 is 1.45 bits per heavy atom. The van der Waals surface area contributed by atoms with Crippen LogP contribution < -0.4 is 10.0 Å². The third kappa shape index (κ3) is 4.23. The molecule has 1 N–H and O–H groups in total. The van der Waals surface area contributed by atoms with Gasteiger partial charge >= 0.3 is 11.4 Å². The average Bonchev–Trinajstić information content (AvgIpc) is 2.77. The van der Waals surface area contributed by atoms with Gasteiger partial charge in [0.2, 0.25) is 5.69 Å². The molecule has 0 heterocycles. The average molecular weight is 425 g/mol. The van der Waals surface area contributed by atoms with Gasteiger partial charge in [0.05, 0.1) is 38.3 Å². The van der Waals surface area contributed by atoms with Crippen LogP contribution in [0.25, 0.3) is 0 Å². The van der Waals surface area contributed by atoms with Gasteiger partial charge in [0.1, 0.15) is 6.73 Å². The zero-order valence-corrected chi connectivity index (χ0v) is 15.8. The van der Waals surface area contributed by atoms with Crippen LogP contribution in [0, 0.1) is 30.3 Å². The number of hydrogen-bond acceptors (Lipinski definition) is 9. The zero-order chi connectivity index (χ0) is 22.5. The summed E-state index contributed by atoms with van der Waals surface area (Å²) < 4.78 is 0. The first-order valence-corrected chi connectivity index (χ1v) is 8.75. The van der Waals surface area contributed by atoms with Crippen molar-refractivity contribution in [2.24, 2.45) is 0 Å². The molecule has 0 aromatic heterocycles. The maximum Gasteiger partial charge on any atom is 0.308 e. The number of anilines is 3. The Hall–Kier alpha value is -4.58. The van der Waals surface area contributed by atoms with Crippen molar-refractivity contribution in [3.05, 3.63) is 103 Å². The summed E-state index contributed by atoms with van der Waals surface area (Å²) in [6.45, 7) is -0.900. The minimum atomic E-state index is -0.966. The van der Waals surface area contributed by atoms with Crippen molar-refractivity contribution in [3.63, 3.8) is 0 Å². The minimum absolute atomic E-state index is 0.435. The lowest BCUT2D eigenvalue weighted by Crippen LogP contribution is -2.41. The van der Waals surface area contributed by atoms with Gasteiger partial charge in [-0.2, -0.15) is 0 Å². The Morgan fingerprint density at radius 1 is 0.710 bits per heavy atom. The van der Waals surface area contributed by atoms with E-state index >= 15 is 0 Å². The SMILES string of the molecule is O=[N+]([O-])c1cc([N+](=O)[O-])c(N(CO)N(c2ccccc2)c2ccccc2)c([N+](=O)[O-])c1. The first-order valence-electron chi connectivity index (χ1n) is 8.75. The highest BCUT2D eigenvalue weighted by molar-refractivity contribution is 5.82. The molecule has 12 heteroatoms. The number of non-ortho nitro benzene ring substituents is 1. The number of rotatable bonds is 8. The fourth-order valence-electron chi connectivity index (χ4n) is 3.04. The first kappa shape index (κ1) is 21.1. The molecule has 0 bridgehead atoms. The molecule has 0 unspecified atom stereocenters. The van der Waals surface area contributed by atoms with Gasteiger partial charge < -0.3 is 5.11 Å². The van der Waals surface area contributed by atoms with Gasteiger partial charge in [-0.05, 0) is 24.3 Å². The van der Waals surface area contributed by atoms with Gasteiger partial charge in [-0.25, -0.2) is 5.01 Å². The number of hydrazine groups is 1. The quantitative estimate of drug-likeness (QED) is 0.321. The fraction of sp³-hybridized carbons (Fsp3) is 0.0526. The smallest absolute Gasteiger partial charge is 0.308 e. The molecule has 0 aliphatic heterocycles. The van der Waals surface area contributed by atoms with E-state index in [1.807, 2.05) is 0 Å². The number of benzene rings is 3. The minimum Gasteiger partial charge on any atom is -0.375 e. The standard InChI is InChI=1S/C19H15N5O7/c25-13-20(21(14-7-3-1-4-8-14)15-9-5-2-6-10-15)19-17(23(28)29)11-16(22(26)27)12-18(19)24(30)31/h1-12,25H,13H2. The molecular formula is C19H15N5O7. The normalized spacial score (nSPS) is 10.4. The van der Waals surface area contributed by atoms with Crippen LogP contribution in [0.3, 0.4) is 0 Å². The predicted octanol–water partition coefficient (Wildman–Crippen LogP) is 3.92. The number of para-hydroxylation sites is 2. The number of nitro groups is 3. The molecule has 158 valence electrons. The van der Waals surface area contributed by atoms with Crippen LogP contribution in [0.15, 0.2) is 72.8 Å². The zero-order valence-electron chi connectivity index (χ0n) is 15.8. The molecule has 0 aliphatic rings. The lowest BCUT2D eigenvalue weighted by molar-refractivity contribution is -0.402. The third-order valence-corrected chi connectivity index (χ3v) is 4.29. The molecule has 0 saturated carbocycles. The highest BCUT2D eigenvalue weighted by atomic mass is 16.6. The molecule has 3 aromatic carbocycles. The number of hydrogen-bond donors (Lipinski definition) is 1. The van der Waals surface area contributed by atoms with Crippen LogP contribution in [0.2, 0.25) is 0 Å². The monoisotopic (exact) mass is 425 g/mol. The molecule has 3 aromatic rings. The van der Waals surface area contributed by atoms with Gasteiger partial charge in [0.25, 0.3) is 5.69 Å². The van der Waals surface area contributed by atoms with Crippen molar-refractivity contribution in [2.75, 3.05) is 16.7 Å². The van der Waals surface area contributed by atoms with Crippen LogP contribution in [0.1, 0.15) is 0 Å². The second kappa shape index (κ2) is 8.84. The highest BCUT2D eigenvalue weighted by Crippen LogP contribution is 2.43. The first-order chi connectivity index (χ1) is 14.8. The van der Waals surface area contributed by atoms with Gasteiger partial charge in [0, 0.05) is 0 Å². The van der Waals surface area contributed by atoms with Gasteiger partial charge in [-0.1, -0.05) is 36.4 Å². The topological polar surface area (TPSA) is 156 Å². The van der Waals surface area contributed by atoms with Crippen LogP contribution in [0.4, 0.5) is 34.1 Å². The van der Waals surface area contributed by atoms with E-state index in [1.165, 1.54) is 5.01 Å². The summed E-state index contributed by atoms with van der Waals surface area (Å²) in [5, 5.41) is 47.0. The fourth-order valence-corrected chi connectivity index (χ4v) is 3.04. The van der Waals surface area contributed by atoms with E-state index in [4.69, 9.17) is 0 Å². The van der Waals surface area contributed by atoms with Gasteiger partial charge in [-0.15, -0.1) is 0 Å². The summed E-state index contributed by atoms with van der Waals surface area (Å²) >= 11 is 0. The lowest BCUT2D eigenvalue weighted by Gasteiger charge is -2.36. The summed E-state index contributed by atoms with van der Waals surface area (Å²) in [6, 6.07) is 18.0. The number of nitrogens with zero attached hydrogens (tertiary/aromatic N) is 5. The molecular weight excluding hydrogens is 410 g/mol. The van der Waals surface area contributed by atoms with Crippen molar-refractivity contribution >= 4 is 34.1 Å². The highest BCUT2D eigenvalue weighted by Gasteiger charge is 2.37. The summed E-state index contributed by atoms with van der Waals surface area (Å²) in [5.41, 5.74) is -2.34. The molecule has 0 saturated heterocycles. The number of aliphatic hydroxyl groups excluding tert-OH is 1. The Labute approximate surface area is 174 Å². The second-order valence-corrected chi connectivity index (χ2v) is 6.13. The summed E-state index contributed by atoms with van der Waals surface area (Å²) in [7, 11) is 0. The van der Waals surface area contributed by atoms with Crippen molar-refractivity contribution in [1.82, 2.24) is 0 Å². The van der Waals surface area contributed by atoms with Gasteiger partial charge in [0.15, 0.2) is 0 Å². The van der Waals surface area contributed by atoms with E-state index < -0.39 is 44.3 Å². The molecule has 0 fully saturated rings. The van der Waals surface area contributed by atoms with Gasteiger partial charge in [-0.3, -0.25) is 35.4 Å². The van der Waals surface area contributed by atoms with Crippen LogP contribution in [0.5, 0.6) is 0 Å². The Kier molecular flexibility index (Phi) is 6.02. The summed E-state index contributed by atoms with van der Waals surface area (Å²) in [5.74, 6) is 0. The van der Waals surface area contributed by atoms with Crippen LogP contribution in [-0.4, -0.2) is 26.6 Å². The molecule has 0 radical (unpaired) electrons. The molecule has 3 rings (SSSR count). The molecule has 0 spiro atoms. The number of nitro benzene ring substituents is 3. The predicted molar refractivity (Wildman–Crippen MR) is 111 cm³/mol. The largest absolute Gasteiger partial charge is 0.375 e. The Balaban J connectivity index is 2.34. The van der Waals surface area contributed by atoms with Crippen molar-refractivity contribution in [3.8, 4) is 0 Å². The van der Waals surface area contributed by atoms with Crippen molar-refractivity contribution in [2.45, 2.75) is 0 Å². The van der Waals surface area contributed by atoms with Crippen LogP contribution >= 0.6 is 0 Å². The van der Waals surface area contributed by atoms with E-state index in [-0.39, 0.29) is 0 Å². The van der Waals surface area contributed by atoms with E-state index in [1.54, 1.807) is 60.7 Å². The second-order valence-electron chi connectivity index (χ2n) is 6.13. The summed E-state index contributed by atoms with van der Waals surface area (Å²) in [6.07, 6.45) is 0. The lowest BCUT2D eigenvalue weighted by atomic mass is 10.2. The van der Waals surface area contributed by atoms with E-state index in [0.29, 0.717) is 23.5 Å². The molecule has 0 aliphatic carbocycles. The van der Waals surface area contributed by atoms with E-state index in [9.17, 15) is 35.4 Å². The van der Waals surface area contributed by atoms with Crippen LogP contribution in [-0.2, 0) is 0 Å². The van der Waals surface area contributed by atoms with Crippen molar-refractivity contribution in [1.29, 1.82) is 0 Å². The molecule has 31 heavy (non-hydrogen) atoms. The Morgan fingerprint density at radius 2 is 1.13 bits per heavy atom.